The normalized spacial score (nSPS) is 19.7. The lowest BCUT2D eigenvalue weighted by molar-refractivity contribution is -0.151. The molecule has 19 heavy (non-hydrogen) atoms. The first kappa shape index (κ1) is 13.5. The molecule has 0 saturated carbocycles. The summed E-state index contributed by atoms with van der Waals surface area (Å²) in [5, 5.41) is 9.29. The van der Waals surface area contributed by atoms with Crippen molar-refractivity contribution in [2.45, 2.75) is 38.4 Å². The second kappa shape index (κ2) is 5.40. The van der Waals surface area contributed by atoms with Crippen LogP contribution in [0.1, 0.15) is 24.5 Å². The Morgan fingerprint density at radius 2 is 2.05 bits per heavy atom. The molecule has 2 atom stereocenters. The number of carbonyl (C=O) groups is 2. The zero-order valence-electron chi connectivity index (χ0n) is 10.9. The van der Waals surface area contributed by atoms with E-state index >= 15 is 0 Å². The number of carboxylic acid groups (broad SMARTS) is 1. The van der Waals surface area contributed by atoms with Crippen LogP contribution in [0.15, 0.2) is 24.3 Å². The van der Waals surface area contributed by atoms with Crippen molar-refractivity contribution in [1.29, 1.82) is 0 Å². The minimum atomic E-state index is -0.965. The molecule has 0 bridgehead atoms. The molecule has 5 heteroatoms. The monoisotopic (exact) mass is 262 g/mol. The summed E-state index contributed by atoms with van der Waals surface area (Å²) in [5.74, 6) is -1.16. The molecule has 0 spiro atoms. The maximum atomic E-state index is 12.1. The first-order chi connectivity index (χ1) is 8.99. The molecule has 1 amide bonds. The number of hydrogen-bond acceptors (Lipinski definition) is 3. The Hall–Kier alpha value is -1.88. The molecular formula is C14H18N2O3. The van der Waals surface area contributed by atoms with E-state index in [1.165, 1.54) is 4.90 Å². The SMILES string of the molecule is CC(N)CC(=O)N1Cc2ccccc2CC1C(=O)O. The lowest BCUT2D eigenvalue weighted by Crippen LogP contribution is -2.49. The van der Waals surface area contributed by atoms with Crippen molar-refractivity contribution in [3.63, 3.8) is 0 Å². The molecule has 0 aromatic heterocycles. The maximum absolute atomic E-state index is 12.1. The second-order valence-corrected chi connectivity index (χ2v) is 5.03. The number of benzene rings is 1. The van der Waals surface area contributed by atoms with Gasteiger partial charge in [0.05, 0.1) is 0 Å². The molecule has 0 fully saturated rings. The first-order valence-electron chi connectivity index (χ1n) is 6.33. The van der Waals surface area contributed by atoms with Crippen molar-refractivity contribution < 1.29 is 14.7 Å². The van der Waals surface area contributed by atoms with Gasteiger partial charge in [-0.1, -0.05) is 24.3 Å². The highest BCUT2D eigenvalue weighted by atomic mass is 16.4. The molecule has 0 radical (unpaired) electrons. The van der Waals surface area contributed by atoms with Crippen LogP contribution < -0.4 is 5.73 Å². The molecule has 2 rings (SSSR count). The van der Waals surface area contributed by atoms with E-state index in [-0.39, 0.29) is 18.4 Å². The number of aliphatic carboxylic acids is 1. The number of rotatable bonds is 3. The maximum Gasteiger partial charge on any atom is 0.326 e. The van der Waals surface area contributed by atoms with E-state index in [0.29, 0.717) is 13.0 Å². The summed E-state index contributed by atoms with van der Waals surface area (Å²) in [5.41, 5.74) is 7.63. The van der Waals surface area contributed by atoms with Gasteiger partial charge in [-0.3, -0.25) is 4.79 Å². The Morgan fingerprint density at radius 3 is 2.63 bits per heavy atom. The smallest absolute Gasteiger partial charge is 0.326 e. The Kier molecular flexibility index (Phi) is 3.85. The van der Waals surface area contributed by atoms with Crippen molar-refractivity contribution >= 4 is 11.9 Å². The second-order valence-electron chi connectivity index (χ2n) is 5.03. The first-order valence-corrected chi connectivity index (χ1v) is 6.33. The van der Waals surface area contributed by atoms with Gasteiger partial charge in [0, 0.05) is 25.4 Å². The molecule has 1 aromatic rings. The summed E-state index contributed by atoms with van der Waals surface area (Å²) in [6.45, 7) is 2.09. The minimum absolute atomic E-state index is 0.173. The number of fused-ring (bicyclic) bond motifs is 1. The van der Waals surface area contributed by atoms with Crippen molar-refractivity contribution in [2.75, 3.05) is 0 Å². The van der Waals surface area contributed by atoms with Gasteiger partial charge in [-0.25, -0.2) is 4.79 Å². The number of nitrogens with zero attached hydrogens (tertiary/aromatic N) is 1. The fourth-order valence-electron chi connectivity index (χ4n) is 2.40. The van der Waals surface area contributed by atoms with Crippen molar-refractivity contribution in [1.82, 2.24) is 4.90 Å². The number of carboxylic acids is 1. The van der Waals surface area contributed by atoms with Gasteiger partial charge in [-0.2, -0.15) is 0 Å². The molecule has 0 aliphatic carbocycles. The summed E-state index contributed by atoms with van der Waals surface area (Å²) in [6, 6.07) is 6.57. The van der Waals surface area contributed by atoms with Crippen LogP contribution in [0.5, 0.6) is 0 Å². The number of hydrogen-bond donors (Lipinski definition) is 2. The summed E-state index contributed by atoms with van der Waals surface area (Å²) in [6.07, 6.45) is 0.530. The molecule has 0 saturated heterocycles. The van der Waals surface area contributed by atoms with Crippen LogP contribution in [-0.2, 0) is 22.6 Å². The van der Waals surface area contributed by atoms with Crippen LogP contribution in [0.3, 0.4) is 0 Å². The quantitative estimate of drug-likeness (QED) is 0.842. The topological polar surface area (TPSA) is 83.6 Å². The third kappa shape index (κ3) is 2.93. The molecule has 3 N–H and O–H groups in total. The fourth-order valence-corrected chi connectivity index (χ4v) is 2.40. The highest BCUT2D eigenvalue weighted by molar-refractivity contribution is 5.84. The van der Waals surface area contributed by atoms with E-state index in [0.717, 1.165) is 11.1 Å². The predicted octanol–water partition coefficient (Wildman–Crippen LogP) is 0.762. The zero-order valence-corrected chi connectivity index (χ0v) is 10.9. The molecule has 1 aromatic carbocycles. The third-order valence-electron chi connectivity index (χ3n) is 3.35. The Labute approximate surface area is 112 Å². The zero-order chi connectivity index (χ0) is 14.0. The van der Waals surface area contributed by atoms with Gasteiger partial charge in [-0.15, -0.1) is 0 Å². The van der Waals surface area contributed by atoms with Crippen LogP contribution in [0.4, 0.5) is 0 Å². The van der Waals surface area contributed by atoms with Gasteiger partial charge in [0.25, 0.3) is 0 Å². The van der Waals surface area contributed by atoms with Crippen molar-refractivity contribution in [3.05, 3.63) is 35.4 Å². The molecule has 2 unspecified atom stereocenters. The summed E-state index contributed by atoms with van der Waals surface area (Å²) >= 11 is 0. The fraction of sp³-hybridized carbons (Fsp3) is 0.429. The molecular weight excluding hydrogens is 244 g/mol. The Morgan fingerprint density at radius 1 is 1.42 bits per heavy atom. The van der Waals surface area contributed by atoms with Gasteiger partial charge in [-0.05, 0) is 18.1 Å². The van der Waals surface area contributed by atoms with E-state index in [2.05, 4.69) is 0 Å². The molecule has 1 aliphatic heterocycles. The summed E-state index contributed by atoms with van der Waals surface area (Å²) in [7, 11) is 0. The van der Waals surface area contributed by atoms with E-state index in [9.17, 15) is 14.7 Å². The number of carbonyl (C=O) groups excluding carboxylic acids is 1. The summed E-state index contributed by atoms with van der Waals surface area (Å²) < 4.78 is 0. The molecule has 1 aliphatic rings. The average molecular weight is 262 g/mol. The number of amides is 1. The van der Waals surface area contributed by atoms with Crippen molar-refractivity contribution in [3.8, 4) is 0 Å². The standard InChI is InChI=1S/C14H18N2O3/c1-9(15)6-13(17)16-8-11-5-3-2-4-10(11)7-12(16)14(18)19/h2-5,9,12H,6-8,15H2,1H3,(H,18,19). The largest absolute Gasteiger partial charge is 0.480 e. The van der Waals surface area contributed by atoms with Gasteiger partial charge >= 0.3 is 5.97 Å². The van der Waals surface area contributed by atoms with Gasteiger partial charge in [0.2, 0.25) is 5.91 Å². The molecule has 1 heterocycles. The average Bonchev–Trinajstić information content (AvgIpc) is 2.36. The van der Waals surface area contributed by atoms with Crippen molar-refractivity contribution in [2.24, 2.45) is 5.73 Å². The highest BCUT2D eigenvalue weighted by Gasteiger charge is 2.34. The predicted molar refractivity (Wildman–Crippen MR) is 70.4 cm³/mol. The van der Waals surface area contributed by atoms with Crippen LogP contribution >= 0.6 is 0 Å². The van der Waals surface area contributed by atoms with Crippen LogP contribution in [-0.4, -0.2) is 34.0 Å². The number of nitrogens with two attached hydrogens (primary N) is 1. The van der Waals surface area contributed by atoms with Gasteiger partial charge in [0.1, 0.15) is 6.04 Å². The lowest BCUT2D eigenvalue weighted by atomic mass is 9.93. The molecule has 5 nitrogen and oxygen atoms in total. The minimum Gasteiger partial charge on any atom is -0.480 e. The summed E-state index contributed by atoms with van der Waals surface area (Å²) in [4.78, 5) is 24.9. The van der Waals surface area contributed by atoms with Crippen LogP contribution in [0.2, 0.25) is 0 Å². The van der Waals surface area contributed by atoms with E-state index in [1.54, 1.807) is 6.92 Å². The third-order valence-corrected chi connectivity index (χ3v) is 3.35. The van der Waals surface area contributed by atoms with Gasteiger partial charge in [0.15, 0.2) is 0 Å². The van der Waals surface area contributed by atoms with Gasteiger partial charge < -0.3 is 15.7 Å². The van der Waals surface area contributed by atoms with E-state index in [4.69, 9.17) is 5.73 Å². The van der Waals surface area contributed by atoms with Crippen LogP contribution in [0, 0.1) is 0 Å². The lowest BCUT2D eigenvalue weighted by Gasteiger charge is -2.34. The Bertz CT molecular complexity index is 499. The van der Waals surface area contributed by atoms with E-state index in [1.807, 2.05) is 24.3 Å². The van der Waals surface area contributed by atoms with Crippen LogP contribution in [0.25, 0.3) is 0 Å². The Balaban J connectivity index is 2.26. The van der Waals surface area contributed by atoms with E-state index < -0.39 is 12.0 Å². The highest BCUT2D eigenvalue weighted by Crippen LogP contribution is 2.24. The molecule has 102 valence electrons.